The van der Waals surface area contributed by atoms with Gasteiger partial charge in [-0.3, -0.25) is 0 Å². The second-order valence-corrected chi connectivity index (χ2v) is 11.1. The van der Waals surface area contributed by atoms with Crippen LogP contribution in [0.25, 0.3) is 10.9 Å². The van der Waals surface area contributed by atoms with Gasteiger partial charge >= 0.3 is 156 Å². The Morgan fingerprint density at radius 2 is 1.27 bits per heavy atom. The third kappa shape index (κ3) is 2.83. The molecule has 0 atom stereocenters. The van der Waals surface area contributed by atoms with E-state index in [9.17, 15) is 0 Å². The van der Waals surface area contributed by atoms with E-state index in [2.05, 4.69) is 105 Å². The van der Waals surface area contributed by atoms with Crippen molar-refractivity contribution >= 4 is 34.2 Å². The molecule has 0 aliphatic heterocycles. The Labute approximate surface area is 156 Å². The molecule has 0 amide bonds. The van der Waals surface area contributed by atoms with Crippen LogP contribution in [-0.4, -0.2) is 11.6 Å². The minimum absolute atomic E-state index is 1.09. The molecule has 0 radical (unpaired) electrons. The van der Waals surface area contributed by atoms with Crippen molar-refractivity contribution in [2.24, 2.45) is 0 Å². The third-order valence-corrected chi connectivity index (χ3v) is 9.64. The van der Waals surface area contributed by atoms with Crippen molar-refractivity contribution < 1.29 is 0 Å². The summed E-state index contributed by atoms with van der Waals surface area (Å²) in [5, 5.41) is 4.04. The molecule has 2 heteroatoms. The van der Waals surface area contributed by atoms with Crippen LogP contribution >= 0.6 is 7.26 Å². The molecule has 0 saturated carbocycles. The maximum atomic E-state index is 5.16. The summed E-state index contributed by atoms with van der Waals surface area (Å²) in [6.45, 7) is 6.76. The summed E-state index contributed by atoms with van der Waals surface area (Å²) in [6, 6.07) is 30.6. The van der Waals surface area contributed by atoms with Gasteiger partial charge in [-0.15, -0.1) is 0 Å². The first-order valence-corrected chi connectivity index (χ1v) is 11.6. The zero-order valence-corrected chi connectivity index (χ0v) is 16.5. The molecule has 0 spiro atoms. The summed E-state index contributed by atoms with van der Waals surface area (Å²) >= 11 is 0. The van der Waals surface area contributed by atoms with Crippen LogP contribution in [0.2, 0.25) is 0 Å². The molecule has 1 nitrogen and oxygen atoms in total. The van der Waals surface area contributed by atoms with Crippen molar-refractivity contribution in [3.63, 3.8) is 0 Å². The number of aromatic nitrogens is 1. The van der Waals surface area contributed by atoms with Crippen LogP contribution in [0.3, 0.4) is 0 Å². The zero-order chi connectivity index (χ0) is 18.1. The standard InChI is InChI=1S/C24H24NP/c1-18-14-15-23-22(16-18)19(2)17-24(25-23)26(3,20-10-6-4-7-11-20)21-12-8-5-9-13-21/h4-17,26H,1-3H3. The molecule has 0 aliphatic carbocycles. The van der Waals surface area contributed by atoms with E-state index in [4.69, 9.17) is 4.98 Å². The molecule has 4 aromatic rings. The van der Waals surface area contributed by atoms with E-state index in [1.807, 2.05) is 0 Å². The molecule has 3 aromatic carbocycles. The minimum atomic E-state index is -2.15. The Kier molecular flexibility index (Phi) is 4.34. The molecule has 1 heterocycles. The second-order valence-electron chi connectivity index (χ2n) is 7.20. The predicted octanol–water partition coefficient (Wildman–Crippen LogP) is 4.51. The number of rotatable bonds is 3. The number of fused-ring (bicyclic) bond motifs is 1. The van der Waals surface area contributed by atoms with Crippen molar-refractivity contribution in [3.8, 4) is 0 Å². The van der Waals surface area contributed by atoms with Crippen LogP contribution in [0.4, 0.5) is 0 Å². The van der Waals surface area contributed by atoms with E-state index in [0.29, 0.717) is 0 Å². The Bertz CT molecular complexity index is 1020. The Morgan fingerprint density at radius 1 is 0.692 bits per heavy atom. The Hall–Kier alpha value is -2.50. The van der Waals surface area contributed by atoms with Crippen molar-refractivity contribution in [2.45, 2.75) is 13.8 Å². The first-order valence-electron chi connectivity index (χ1n) is 9.08. The Morgan fingerprint density at radius 3 is 1.85 bits per heavy atom. The van der Waals surface area contributed by atoms with Crippen LogP contribution in [0.15, 0.2) is 84.9 Å². The van der Waals surface area contributed by atoms with Gasteiger partial charge in [0, 0.05) is 0 Å². The van der Waals surface area contributed by atoms with Crippen LogP contribution < -0.4 is 16.0 Å². The van der Waals surface area contributed by atoms with E-state index in [-0.39, 0.29) is 0 Å². The fraction of sp³-hybridized carbons (Fsp3) is 0.125. The van der Waals surface area contributed by atoms with Gasteiger partial charge in [0.15, 0.2) is 0 Å². The molecule has 0 saturated heterocycles. The molecule has 0 unspecified atom stereocenters. The summed E-state index contributed by atoms with van der Waals surface area (Å²) in [7, 11) is -2.15. The molecule has 0 fully saturated rings. The van der Waals surface area contributed by atoms with Gasteiger partial charge in [-0.05, 0) is 0 Å². The van der Waals surface area contributed by atoms with Gasteiger partial charge in [0.25, 0.3) is 0 Å². The van der Waals surface area contributed by atoms with Gasteiger partial charge in [-0.1, -0.05) is 0 Å². The van der Waals surface area contributed by atoms with Gasteiger partial charge in [-0.2, -0.15) is 0 Å². The van der Waals surface area contributed by atoms with Crippen molar-refractivity contribution in [1.29, 1.82) is 0 Å². The van der Waals surface area contributed by atoms with E-state index in [1.54, 1.807) is 0 Å². The molecule has 1 aromatic heterocycles. The van der Waals surface area contributed by atoms with Gasteiger partial charge < -0.3 is 0 Å². The van der Waals surface area contributed by atoms with Gasteiger partial charge in [0.2, 0.25) is 0 Å². The van der Waals surface area contributed by atoms with Crippen molar-refractivity contribution in [3.05, 3.63) is 96.1 Å². The molecule has 0 aliphatic rings. The van der Waals surface area contributed by atoms with Crippen LogP contribution in [-0.2, 0) is 0 Å². The fourth-order valence-corrected chi connectivity index (χ4v) is 7.26. The van der Waals surface area contributed by atoms with E-state index >= 15 is 0 Å². The average Bonchev–Trinajstić information content (AvgIpc) is 2.69. The molecule has 26 heavy (non-hydrogen) atoms. The quantitative estimate of drug-likeness (QED) is 0.492. The van der Waals surface area contributed by atoms with Crippen molar-refractivity contribution in [2.75, 3.05) is 6.66 Å². The van der Waals surface area contributed by atoms with E-state index in [0.717, 1.165) is 5.52 Å². The van der Waals surface area contributed by atoms with Crippen LogP contribution in [0.5, 0.6) is 0 Å². The molecule has 0 bridgehead atoms. The first-order chi connectivity index (χ1) is 12.6. The average molecular weight is 357 g/mol. The summed E-state index contributed by atoms with van der Waals surface area (Å²) in [5.74, 6) is 0. The molecule has 0 N–H and O–H groups in total. The maximum absolute atomic E-state index is 5.16. The summed E-state index contributed by atoms with van der Waals surface area (Å²) in [5.41, 5.74) is 4.90. The third-order valence-electron chi connectivity index (χ3n) is 5.39. The SMILES string of the molecule is Cc1ccc2nc([PH](C)(c3ccccc3)c3ccccc3)cc(C)c2c1. The summed E-state index contributed by atoms with van der Waals surface area (Å²) < 4.78 is 0. The number of pyridine rings is 1. The zero-order valence-electron chi connectivity index (χ0n) is 15.5. The fourth-order valence-electron chi connectivity index (χ4n) is 3.77. The molecular formula is C24H24NP. The molecular weight excluding hydrogens is 333 g/mol. The summed E-state index contributed by atoms with van der Waals surface area (Å²) in [4.78, 5) is 5.16. The van der Waals surface area contributed by atoms with Gasteiger partial charge in [-0.25, -0.2) is 0 Å². The Balaban J connectivity index is 2.01. The van der Waals surface area contributed by atoms with E-state index < -0.39 is 7.26 Å². The van der Waals surface area contributed by atoms with Crippen molar-refractivity contribution in [1.82, 2.24) is 4.98 Å². The first kappa shape index (κ1) is 16.9. The van der Waals surface area contributed by atoms with Crippen LogP contribution in [0, 0.1) is 13.8 Å². The number of nitrogens with zero attached hydrogens (tertiary/aromatic N) is 1. The number of hydrogen-bond donors (Lipinski definition) is 0. The molecule has 130 valence electrons. The number of aryl methyl sites for hydroxylation is 2. The topological polar surface area (TPSA) is 12.9 Å². The second kappa shape index (κ2) is 6.67. The van der Waals surface area contributed by atoms with Gasteiger partial charge in [0.05, 0.1) is 0 Å². The van der Waals surface area contributed by atoms with Gasteiger partial charge in [0.1, 0.15) is 0 Å². The normalized spacial score (nSPS) is 12.3. The van der Waals surface area contributed by atoms with E-state index in [1.165, 1.54) is 32.6 Å². The molecule has 4 rings (SSSR count). The number of hydrogen-bond acceptors (Lipinski definition) is 1. The summed E-state index contributed by atoms with van der Waals surface area (Å²) in [6.07, 6.45) is 0. The van der Waals surface area contributed by atoms with Crippen LogP contribution in [0.1, 0.15) is 11.1 Å². The number of benzene rings is 3. The monoisotopic (exact) mass is 357 g/mol. The predicted molar refractivity (Wildman–Crippen MR) is 117 cm³/mol.